The Labute approximate surface area is 90.0 Å². The van der Waals surface area contributed by atoms with Crippen molar-refractivity contribution in [3.8, 4) is 6.07 Å². The van der Waals surface area contributed by atoms with Crippen LogP contribution in [0.2, 0.25) is 0 Å². The van der Waals surface area contributed by atoms with E-state index in [1.807, 2.05) is 13.8 Å². The van der Waals surface area contributed by atoms with Gasteiger partial charge >= 0.3 is 11.8 Å². The number of likely N-dealkylation sites (N-methyl/N-ethyl adjacent to an activating group) is 1. The molecule has 0 aliphatic rings. The lowest BCUT2D eigenvalue weighted by Crippen LogP contribution is -2.41. The monoisotopic (exact) mass is 211 g/mol. The summed E-state index contributed by atoms with van der Waals surface area (Å²) >= 11 is 0. The van der Waals surface area contributed by atoms with Gasteiger partial charge in [0.1, 0.15) is 6.54 Å². The van der Waals surface area contributed by atoms with Gasteiger partial charge in [0.25, 0.3) is 0 Å². The Hall–Kier alpha value is -1.57. The molecule has 0 aliphatic carbocycles. The van der Waals surface area contributed by atoms with E-state index in [2.05, 4.69) is 5.32 Å². The number of nitrogens with zero attached hydrogens (tertiary/aromatic N) is 2. The van der Waals surface area contributed by atoms with Crippen LogP contribution in [0.1, 0.15) is 20.3 Å². The van der Waals surface area contributed by atoms with Crippen molar-refractivity contribution >= 4 is 11.8 Å². The third-order valence-corrected chi connectivity index (χ3v) is 1.91. The Morgan fingerprint density at radius 2 is 2.07 bits per heavy atom. The molecule has 0 bridgehead atoms. The first-order chi connectivity index (χ1) is 6.99. The summed E-state index contributed by atoms with van der Waals surface area (Å²) in [4.78, 5) is 23.9. The van der Waals surface area contributed by atoms with Crippen LogP contribution in [-0.4, -0.2) is 36.9 Å². The number of amides is 2. The highest BCUT2D eigenvalue weighted by atomic mass is 16.2. The van der Waals surface area contributed by atoms with Crippen LogP contribution in [0, 0.1) is 17.2 Å². The number of nitrogens with one attached hydrogen (secondary N) is 1. The zero-order chi connectivity index (χ0) is 11.8. The van der Waals surface area contributed by atoms with Crippen LogP contribution in [-0.2, 0) is 9.59 Å². The summed E-state index contributed by atoms with van der Waals surface area (Å²) in [5, 5.41) is 10.4. The molecule has 0 aromatic heterocycles. The molecule has 0 saturated carbocycles. The van der Waals surface area contributed by atoms with Crippen LogP contribution in [0.4, 0.5) is 0 Å². The highest BCUT2D eigenvalue weighted by Gasteiger charge is 2.17. The molecule has 1 N–H and O–H groups in total. The first kappa shape index (κ1) is 13.4. The zero-order valence-electron chi connectivity index (χ0n) is 9.41. The van der Waals surface area contributed by atoms with Gasteiger partial charge in [0.15, 0.2) is 0 Å². The highest BCUT2D eigenvalue weighted by molar-refractivity contribution is 6.34. The second-order valence-electron chi connectivity index (χ2n) is 3.75. The number of hydrogen-bond donors (Lipinski definition) is 1. The van der Waals surface area contributed by atoms with Crippen molar-refractivity contribution in [3.63, 3.8) is 0 Å². The van der Waals surface area contributed by atoms with Gasteiger partial charge in [0, 0.05) is 13.6 Å². The molecule has 15 heavy (non-hydrogen) atoms. The van der Waals surface area contributed by atoms with Gasteiger partial charge in [-0.1, -0.05) is 13.8 Å². The van der Waals surface area contributed by atoms with Crippen molar-refractivity contribution < 1.29 is 9.59 Å². The molecule has 0 aromatic carbocycles. The Bertz CT molecular complexity index is 268. The van der Waals surface area contributed by atoms with Gasteiger partial charge in [-0.25, -0.2) is 0 Å². The van der Waals surface area contributed by atoms with E-state index in [1.165, 1.54) is 4.90 Å². The van der Waals surface area contributed by atoms with Crippen molar-refractivity contribution in [1.29, 1.82) is 5.26 Å². The van der Waals surface area contributed by atoms with Crippen molar-refractivity contribution in [1.82, 2.24) is 10.2 Å². The van der Waals surface area contributed by atoms with E-state index in [0.29, 0.717) is 12.5 Å². The summed E-state index contributed by atoms with van der Waals surface area (Å²) in [6, 6.07) is 1.74. The Balaban J connectivity index is 3.98. The van der Waals surface area contributed by atoms with Crippen LogP contribution in [0.5, 0.6) is 0 Å². The highest BCUT2D eigenvalue weighted by Crippen LogP contribution is 2.00. The van der Waals surface area contributed by atoms with Gasteiger partial charge < -0.3 is 10.2 Å². The van der Waals surface area contributed by atoms with Gasteiger partial charge in [0.2, 0.25) is 0 Å². The average molecular weight is 211 g/mol. The topological polar surface area (TPSA) is 73.2 Å². The van der Waals surface area contributed by atoms with E-state index >= 15 is 0 Å². The SMILES string of the molecule is CC(C)CCN(C)C(=O)C(=O)NCC#N. The van der Waals surface area contributed by atoms with Crippen LogP contribution >= 0.6 is 0 Å². The van der Waals surface area contributed by atoms with Crippen molar-refractivity contribution in [2.24, 2.45) is 5.92 Å². The molecule has 0 unspecified atom stereocenters. The molecule has 0 heterocycles. The molecular formula is C10H17N3O2. The number of hydrogen-bond acceptors (Lipinski definition) is 3. The van der Waals surface area contributed by atoms with Crippen molar-refractivity contribution in [2.45, 2.75) is 20.3 Å². The maximum Gasteiger partial charge on any atom is 0.311 e. The molecule has 0 saturated heterocycles. The fraction of sp³-hybridized carbons (Fsp3) is 0.700. The number of carbonyl (C=O) groups is 2. The number of nitriles is 1. The van der Waals surface area contributed by atoms with Gasteiger partial charge in [-0.15, -0.1) is 0 Å². The summed E-state index contributed by atoms with van der Waals surface area (Å²) in [6.07, 6.45) is 0.855. The van der Waals surface area contributed by atoms with E-state index < -0.39 is 11.8 Å². The quantitative estimate of drug-likeness (QED) is 0.530. The first-order valence-electron chi connectivity index (χ1n) is 4.89. The second kappa shape index (κ2) is 6.82. The van der Waals surface area contributed by atoms with Gasteiger partial charge in [-0.2, -0.15) is 5.26 Å². The molecule has 0 aliphatic heterocycles. The molecular weight excluding hydrogens is 194 g/mol. The zero-order valence-corrected chi connectivity index (χ0v) is 9.41. The van der Waals surface area contributed by atoms with Crippen LogP contribution in [0.25, 0.3) is 0 Å². The Morgan fingerprint density at radius 1 is 1.47 bits per heavy atom. The summed E-state index contributed by atoms with van der Waals surface area (Å²) in [5.41, 5.74) is 0. The maximum absolute atomic E-state index is 11.4. The second-order valence-corrected chi connectivity index (χ2v) is 3.75. The number of carbonyl (C=O) groups excluding carboxylic acids is 2. The van der Waals surface area contributed by atoms with E-state index in [9.17, 15) is 9.59 Å². The van der Waals surface area contributed by atoms with E-state index in [4.69, 9.17) is 5.26 Å². The predicted octanol–water partition coefficient (Wildman–Crippen LogP) is 0.131. The lowest BCUT2D eigenvalue weighted by Gasteiger charge is -2.17. The lowest BCUT2D eigenvalue weighted by atomic mass is 10.1. The standard InChI is InChI=1S/C10H17N3O2/c1-8(2)4-7-13(3)10(15)9(14)12-6-5-11/h8H,4,6-7H2,1-3H3,(H,12,14). The molecule has 0 spiro atoms. The molecule has 0 atom stereocenters. The van der Waals surface area contributed by atoms with Crippen LogP contribution < -0.4 is 5.32 Å². The third-order valence-electron chi connectivity index (χ3n) is 1.91. The number of rotatable bonds is 4. The maximum atomic E-state index is 11.4. The smallest absolute Gasteiger partial charge is 0.311 e. The third kappa shape index (κ3) is 5.68. The Morgan fingerprint density at radius 3 is 2.53 bits per heavy atom. The minimum absolute atomic E-state index is 0.136. The van der Waals surface area contributed by atoms with E-state index in [1.54, 1.807) is 13.1 Å². The predicted molar refractivity (Wildman–Crippen MR) is 55.7 cm³/mol. The molecule has 0 radical (unpaired) electrons. The van der Waals surface area contributed by atoms with E-state index in [-0.39, 0.29) is 6.54 Å². The van der Waals surface area contributed by atoms with Crippen LogP contribution in [0.3, 0.4) is 0 Å². The summed E-state index contributed by atoms with van der Waals surface area (Å²) in [7, 11) is 1.58. The molecule has 0 fully saturated rings. The fourth-order valence-corrected chi connectivity index (χ4v) is 0.922. The van der Waals surface area contributed by atoms with Crippen molar-refractivity contribution in [3.05, 3.63) is 0 Å². The first-order valence-corrected chi connectivity index (χ1v) is 4.89. The normalized spacial score (nSPS) is 9.53. The Kier molecular flexibility index (Phi) is 6.11. The molecule has 5 heteroatoms. The molecule has 0 rings (SSSR count). The molecule has 0 aromatic rings. The minimum atomic E-state index is -0.720. The van der Waals surface area contributed by atoms with Gasteiger partial charge in [-0.3, -0.25) is 9.59 Å². The van der Waals surface area contributed by atoms with E-state index in [0.717, 1.165) is 6.42 Å². The summed E-state index contributed by atoms with van der Waals surface area (Å²) in [6.45, 7) is 4.52. The summed E-state index contributed by atoms with van der Waals surface area (Å²) < 4.78 is 0. The van der Waals surface area contributed by atoms with Crippen molar-refractivity contribution in [2.75, 3.05) is 20.1 Å². The summed E-state index contributed by atoms with van der Waals surface area (Å²) in [5.74, 6) is -0.823. The average Bonchev–Trinajstić information content (AvgIpc) is 2.21. The fourth-order valence-electron chi connectivity index (χ4n) is 0.922. The largest absolute Gasteiger partial charge is 0.338 e. The van der Waals surface area contributed by atoms with Crippen LogP contribution in [0.15, 0.2) is 0 Å². The molecule has 2 amide bonds. The lowest BCUT2D eigenvalue weighted by molar-refractivity contribution is -0.144. The minimum Gasteiger partial charge on any atom is -0.338 e. The van der Waals surface area contributed by atoms with Gasteiger partial charge in [-0.05, 0) is 12.3 Å². The molecule has 5 nitrogen and oxygen atoms in total. The molecule has 84 valence electrons. The van der Waals surface area contributed by atoms with Gasteiger partial charge in [0.05, 0.1) is 6.07 Å².